The zero-order valence-corrected chi connectivity index (χ0v) is 14.6. The van der Waals surface area contributed by atoms with Crippen LogP contribution in [0.1, 0.15) is 18.9 Å². The van der Waals surface area contributed by atoms with E-state index in [-0.39, 0.29) is 5.57 Å². The molecule has 2 aliphatic rings. The molecule has 2 N–H and O–H groups in total. The van der Waals surface area contributed by atoms with E-state index in [0.717, 1.165) is 5.56 Å². The van der Waals surface area contributed by atoms with Gasteiger partial charge >= 0.3 is 11.9 Å². The van der Waals surface area contributed by atoms with Crippen molar-refractivity contribution in [3.05, 3.63) is 41.0 Å². The summed E-state index contributed by atoms with van der Waals surface area (Å²) in [4.78, 5) is 26.5. The third kappa shape index (κ3) is 3.67. The highest BCUT2D eigenvalue weighted by atomic mass is 16.8. The summed E-state index contributed by atoms with van der Waals surface area (Å²) in [7, 11) is 3.63. The van der Waals surface area contributed by atoms with Crippen molar-refractivity contribution in [3.63, 3.8) is 0 Å². The number of rotatable bonds is 5. The van der Waals surface area contributed by atoms with Gasteiger partial charge in [0, 0.05) is 17.8 Å². The predicted octanol–water partition coefficient (Wildman–Crippen LogP) is 1.23. The quantitative estimate of drug-likeness (QED) is 0.633. The predicted molar refractivity (Wildman–Crippen MR) is 90.2 cm³/mol. The van der Waals surface area contributed by atoms with Crippen molar-refractivity contribution < 1.29 is 23.8 Å². The molecular formula is C18H22N2O5. The molecule has 1 heterocycles. The third-order valence-corrected chi connectivity index (χ3v) is 4.24. The van der Waals surface area contributed by atoms with E-state index in [1.165, 1.54) is 0 Å². The number of nitrogens with two attached hydrogens (primary N) is 1. The second-order valence-corrected chi connectivity index (χ2v) is 6.68. The molecule has 7 heteroatoms. The van der Waals surface area contributed by atoms with Crippen LogP contribution in [0, 0.1) is 0 Å². The van der Waals surface area contributed by atoms with Crippen molar-refractivity contribution in [3.8, 4) is 0 Å². The Morgan fingerprint density at radius 1 is 1.20 bits per heavy atom. The highest BCUT2D eigenvalue weighted by Gasteiger charge is 2.65. The summed E-state index contributed by atoms with van der Waals surface area (Å²) >= 11 is 0. The van der Waals surface area contributed by atoms with Gasteiger partial charge in [0.1, 0.15) is 6.10 Å². The number of carbonyl (C=O) groups is 2. The molecule has 0 saturated heterocycles. The molecule has 1 saturated carbocycles. The number of nitrogen functional groups attached to an aromatic ring is 1. The lowest BCUT2D eigenvalue weighted by atomic mass is 10.1. The van der Waals surface area contributed by atoms with Crippen LogP contribution in [0.4, 0.5) is 5.69 Å². The second kappa shape index (κ2) is 6.50. The third-order valence-electron chi connectivity index (χ3n) is 4.24. The largest absolute Gasteiger partial charge is 0.416 e. The molecule has 0 aromatic heterocycles. The number of carbonyl (C=O) groups excluding carboxylic acids is 2. The summed E-state index contributed by atoms with van der Waals surface area (Å²) in [6.45, 7) is 2.21. The topological polar surface area (TPSA) is 91.1 Å². The first-order valence-electron chi connectivity index (χ1n) is 8.08. The summed E-state index contributed by atoms with van der Waals surface area (Å²) in [6, 6.07) is 7.29. The van der Waals surface area contributed by atoms with Crippen LogP contribution in [-0.2, 0) is 30.4 Å². The number of likely N-dealkylation sites (N-methyl/N-ethyl adjacent to an activating group) is 1. The van der Waals surface area contributed by atoms with Crippen LogP contribution in [0.25, 0.3) is 0 Å². The lowest BCUT2D eigenvalue weighted by molar-refractivity contribution is -0.198. The molecule has 0 bridgehead atoms. The maximum absolute atomic E-state index is 12.4. The monoisotopic (exact) mass is 346 g/mol. The van der Waals surface area contributed by atoms with Crippen LogP contribution >= 0.6 is 0 Å². The van der Waals surface area contributed by atoms with Crippen molar-refractivity contribution in [1.29, 1.82) is 0 Å². The minimum absolute atomic E-state index is 0.278. The van der Waals surface area contributed by atoms with E-state index in [4.69, 9.17) is 19.9 Å². The molecule has 1 spiro atoms. The first-order valence-corrected chi connectivity index (χ1v) is 8.08. The summed E-state index contributed by atoms with van der Waals surface area (Å²) in [5.41, 5.74) is 7.85. The van der Waals surface area contributed by atoms with Crippen LogP contribution in [-0.4, -0.2) is 49.4 Å². The van der Waals surface area contributed by atoms with E-state index in [1.807, 2.05) is 26.2 Å². The maximum atomic E-state index is 12.4. The summed E-state index contributed by atoms with van der Waals surface area (Å²) < 4.78 is 16.6. The van der Waals surface area contributed by atoms with E-state index < -0.39 is 23.8 Å². The highest BCUT2D eigenvalue weighted by Crippen LogP contribution is 2.46. The Bertz CT molecular complexity index is 725. The lowest BCUT2D eigenvalue weighted by Gasteiger charge is -2.17. The van der Waals surface area contributed by atoms with Crippen LogP contribution in [0.3, 0.4) is 0 Å². The van der Waals surface area contributed by atoms with Crippen LogP contribution in [0.5, 0.6) is 0 Å². The van der Waals surface area contributed by atoms with Gasteiger partial charge in [-0.05, 0) is 38.7 Å². The summed E-state index contributed by atoms with van der Waals surface area (Å²) in [5.74, 6) is -2.38. The van der Waals surface area contributed by atoms with E-state index in [9.17, 15) is 9.59 Å². The van der Waals surface area contributed by atoms with E-state index >= 15 is 0 Å². The van der Waals surface area contributed by atoms with Gasteiger partial charge in [-0.25, -0.2) is 9.59 Å². The molecule has 2 atom stereocenters. The number of ether oxygens (including phenoxy) is 3. The smallest absolute Gasteiger partial charge is 0.339 e. The standard InChI is InChI=1S/C18H22N2O5/c1-11-14(9-20(2)3)17(22)25-18(24-16(11)21)8-15(18)23-10-12-4-6-13(19)7-5-12/h4-7,15H,8-10,19H2,1-3H3. The minimum atomic E-state index is -1.31. The van der Waals surface area contributed by atoms with Crippen LogP contribution in [0.2, 0.25) is 0 Å². The Kier molecular flexibility index (Phi) is 4.53. The summed E-state index contributed by atoms with van der Waals surface area (Å²) in [5, 5.41) is 0. The van der Waals surface area contributed by atoms with E-state index in [2.05, 4.69) is 0 Å². The molecule has 1 aliphatic carbocycles. The minimum Gasteiger partial charge on any atom is -0.416 e. The highest BCUT2D eigenvalue weighted by molar-refractivity contribution is 6.02. The Balaban J connectivity index is 1.66. The molecule has 25 heavy (non-hydrogen) atoms. The van der Waals surface area contributed by atoms with E-state index in [1.54, 1.807) is 24.0 Å². The van der Waals surface area contributed by atoms with Gasteiger partial charge in [0.15, 0.2) is 0 Å². The molecule has 1 aromatic rings. The average molecular weight is 346 g/mol. The van der Waals surface area contributed by atoms with Gasteiger partial charge in [-0.1, -0.05) is 12.1 Å². The Labute approximate surface area is 146 Å². The lowest BCUT2D eigenvalue weighted by Crippen LogP contribution is -2.29. The van der Waals surface area contributed by atoms with Gasteiger partial charge in [-0.15, -0.1) is 0 Å². The molecular weight excluding hydrogens is 324 g/mol. The van der Waals surface area contributed by atoms with Crippen LogP contribution in [0.15, 0.2) is 35.4 Å². The number of hydrogen-bond acceptors (Lipinski definition) is 7. The number of hydrogen-bond donors (Lipinski definition) is 1. The van der Waals surface area contributed by atoms with Crippen molar-refractivity contribution in [2.24, 2.45) is 0 Å². The molecule has 1 aliphatic heterocycles. The molecule has 3 rings (SSSR count). The molecule has 1 aromatic carbocycles. The van der Waals surface area contributed by atoms with Crippen molar-refractivity contribution in [2.75, 3.05) is 26.4 Å². The fourth-order valence-electron chi connectivity index (χ4n) is 2.66. The Morgan fingerprint density at radius 2 is 1.84 bits per heavy atom. The molecule has 0 amide bonds. The first-order chi connectivity index (χ1) is 11.8. The van der Waals surface area contributed by atoms with Gasteiger partial charge in [-0.2, -0.15) is 0 Å². The average Bonchev–Trinajstić information content (AvgIpc) is 3.23. The molecule has 7 nitrogen and oxygen atoms in total. The SMILES string of the molecule is CC1=C(CN(C)C)C(=O)OC2(CC2OCc2ccc(N)cc2)OC1=O. The first kappa shape index (κ1) is 17.4. The van der Waals surface area contributed by atoms with Gasteiger partial charge in [0.25, 0.3) is 5.79 Å². The van der Waals surface area contributed by atoms with Crippen molar-refractivity contribution >= 4 is 17.6 Å². The number of benzene rings is 1. The van der Waals surface area contributed by atoms with Gasteiger partial charge in [0.05, 0.1) is 18.6 Å². The fourth-order valence-corrected chi connectivity index (χ4v) is 2.66. The zero-order valence-electron chi connectivity index (χ0n) is 14.6. The normalized spacial score (nSPS) is 25.8. The molecule has 2 unspecified atom stereocenters. The van der Waals surface area contributed by atoms with Gasteiger partial charge in [0.2, 0.25) is 0 Å². The molecule has 1 fully saturated rings. The Hall–Kier alpha value is -2.38. The van der Waals surface area contributed by atoms with Crippen LogP contribution < -0.4 is 5.73 Å². The molecule has 134 valence electrons. The second-order valence-electron chi connectivity index (χ2n) is 6.68. The Morgan fingerprint density at radius 3 is 2.48 bits per heavy atom. The van der Waals surface area contributed by atoms with E-state index in [0.29, 0.717) is 30.8 Å². The fraction of sp³-hybridized carbons (Fsp3) is 0.444. The maximum Gasteiger partial charge on any atom is 0.339 e. The zero-order chi connectivity index (χ0) is 18.2. The number of esters is 2. The summed E-state index contributed by atoms with van der Waals surface area (Å²) in [6.07, 6.45) is -0.133. The van der Waals surface area contributed by atoms with Crippen molar-refractivity contribution in [1.82, 2.24) is 4.90 Å². The number of anilines is 1. The number of nitrogens with zero attached hydrogens (tertiary/aromatic N) is 1. The molecule has 0 radical (unpaired) electrons. The van der Waals surface area contributed by atoms with Gasteiger partial charge in [-0.3, -0.25) is 0 Å². The van der Waals surface area contributed by atoms with Gasteiger partial charge < -0.3 is 24.8 Å². The van der Waals surface area contributed by atoms with Crippen molar-refractivity contribution in [2.45, 2.75) is 31.8 Å².